The van der Waals surface area contributed by atoms with Crippen LogP contribution in [-0.2, 0) is 22.6 Å². The van der Waals surface area contributed by atoms with E-state index in [9.17, 15) is 0 Å². The first-order valence-electron chi connectivity index (χ1n) is 8.50. The van der Waals surface area contributed by atoms with E-state index in [1.807, 2.05) is 24.3 Å². The van der Waals surface area contributed by atoms with Crippen LogP contribution in [0.2, 0.25) is 0 Å². The minimum absolute atomic E-state index is 0.0326. The molecule has 2 aromatic carbocycles. The highest BCUT2D eigenvalue weighted by molar-refractivity contribution is 6.18. The molecule has 4 rings (SSSR count). The summed E-state index contributed by atoms with van der Waals surface area (Å²) in [5.74, 6) is 0.554. The van der Waals surface area contributed by atoms with Crippen molar-refractivity contribution in [2.45, 2.75) is 37.5 Å². The Morgan fingerprint density at radius 3 is 2.33 bits per heavy atom. The van der Waals surface area contributed by atoms with Crippen molar-refractivity contribution in [1.29, 1.82) is 0 Å². The predicted molar refractivity (Wildman–Crippen MR) is 95.0 cm³/mol. The van der Waals surface area contributed by atoms with Gasteiger partial charge in [-0.05, 0) is 11.1 Å². The van der Waals surface area contributed by atoms with Gasteiger partial charge in [0, 0.05) is 19.0 Å². The second-order valence-corrected chi connectivity index (χ2v) is 6.85. The van der Waals surface area contributed by atoms with Crippen LogP contribution in [0.3, 0.4) is 0 Å². The number of ether oxygens (including phenoxy) is 2. The Labute approximate surface area is 148 Å². The first kappa shape index (κ1) is 16.1. The van der Waals surface area contributed by atoms with E-state index in [0.717, 1.165) is 13.1 Å². The van der Waals surface area contributed by atoms with Crippen molar-refractivity contribution in [2.24, 2.45) is 0 Å². The van der Waals surface area contributed by atoms with E-state index in [-0.39, 0.29) is 24.4 Å². The lowest BCUT2D eigenvalue weighted by Crippen LogP contribution is -2.53. The smallest absolute Gasteiger partial charge is 0.113 e. The number of hydrogen-bond acceptors (Lipinski definition) is 3. The molecule has 3 nitrogen and oxygen atoms in total. The summed E-state index contributed by atoms with van der Waals surface area (Å²) in [5, 5.41) is 0. The fraction of sp³-hybridized carbons (Fsp3) is 0.400. The maximum atomic E-state index is 6.32. The maximum Gasteiger partial charge on any atom is 0.113 e. The summed E-state index contributed by atoms with van der Waals surface area (Å²) in [4.78, 5) is 2.41. The zero-order valence-corrected chi connectivity index (χ0v) is 14.3. The van der Waals surface area contributed by atoms with Gasteiger partial charge in [0.15, 0.2) is 0 Å². The monoisotopic (exact) mass is 343 g/mol. The Morgan fingerprint density at radius 2 is 1.67 bits per heavy atom. The van der Waals surface area contributed by atoms with Crippen LogP contribution in [0.5, 0.6) is 0 Å². The van der Waals surface area contributed by atoms with Crippen molar-refractivity contribution in [1.82, 2.24) is 4.90 Å². The molecule has 0 N–H and O–H groups in total. The van der Waals surface area contributed by atoms with Gasteiger partial charge in [0.2, 0.25) is 0 Å². The molecule has 2 fully saturated rings. The van der Waals surface area contributed by atoms with Gasteiger partial charge in [-0.25, -0.2) is 0 Å². The maximum absolute atomic E-state index is 6.32. The van der Waals surface area contributed by atoms with Crippen LogP contribution in [0.4, 0.5) is 0 Å². The van der Waals surface area contributed by atoms with Gasteiger partial charge in [-0.15, -0.1) is 11.6 Å². The van der Waals surface area contributed by atoms with Gasteiger partial charge in [-0.3, -0.25) is 4.90 Å². The van der Waals surface area contributed by atoms with E-state index in [0.29, 0.717) is 12.5 Å². The van der Waals surface area contributed by atoms with E-state index in [2.05, 4.69) is 41.3 Å². The highest BCUT2D eigenvalue weighted by atomic mass is 35.5. The van der Waals surface area contributed by atoms with Crippen LogP contribution in [0.15, 0.2) is 60.7 Å². The standard InChI is InChI=1S/C20H22ClNO2/c21-11-17-19(23-14-16-9-5-2-6-10-16)20-18(24-20)13-22(17)12-15-7-3-1-4-8-15/h1-10,17-20H,11-14H2/t17-,18-,19-,20-/m1/s1. The van der Waals surface area contributed by atoms with Gasteiger partial charge in [0.1, 0.15) is 12.2 Å². The van der Waals surface area contributed by atoms with E-state index in [1.54, 1.807) is 0 Å². The summed E-state index contributed by atoms with van der Waals surface area (Å²) < 4.78 is 12.1. The van der Waals surface area contributed by atoms with Crippen LogP contribution < -0.4 is 0 Å². The molecule has 0 unspecified atom stereocenters. The molecular weight excluding hydrogens is 322 g/mol. The number of hydrogen-bond donors (Lipinski definition) is 0. The lowest BCUT2D eigenvalue weighted by Gasteiger charge is -2.38. The lowest BCUT2D eigenvalue weighted by atomic mass is 9.99. The summed E-state index contributed by atoms with van der Waals surface area (Å²) in [7, 11) is 0. The second kappa shape index (κ2) is 7.24. The molecule has 0 spiro atoms. The summed E-state index contributed by atoms with van der Waals surface area (Å²) in [5.41, 5.74) is 2.48. The van der Waals surface area contributed by atoms with Gasteiger partial charge in [-0.2, -0.15) is 0 Å². The highest BCUT2D eigenvalue weighted by Crippen LogP contribution is 2.38. The molecule has 0 saturated carbocycles. The van der Waals surface area contributed by atoms with E-state index >= 15 is 0 Å². The fourth-order valence-corrected chi connectivity index (χ4v) is 3.91. The van der Waals surface area contributed by atoms with E-state index in [4.69, 9.17) is 21.1 Å². The molecule has 4 heteroatoms. The number of benzene rings is 2. The normalized spacial score (nSPS) is 29.2. The predicted octanol–water partition coefficient (Wildman–Crippen LogP) is 3.46. The number of halogens is 1. The molecule has 0 aliphatic carbocycles. The number of likely N-dealkylation sites (tertiary alicyclic amines) is 1. The van der Waals surface area contributed by atoms with Crippen LogP contribution in [0.25, 0.3) is 0 Å². The van der Waals surface area contributed by atoms with Crippen molar-refractivity contribution in [2.75, 3.05) is 12.4 Å². The van der Waals surface area contributed by atoms with E-state index < -0.39 is 0 Å². The highest BCUT2D eigenvalue weighted by Gasteiger charge is 2.54. The minimum atomic E-state index is 0.0326. The lowest BCUT2D eigenvalue weighted by molar-refractivity contribution is -0.0389. The average molecular weight is 344 g/mol. The molecule has 2 aromatic rings. The Balaban J connectivity index is 1.45. The summed E-state index contributed by atoms with van der Waals surface area (Å²) in [6.45, 7) is 2.42. The Morgan fingerprint density at radius 1 is 1.00 bits per heavy atom. The van der Waals surface area contributed by atoms with Crippen LogP contribution in [-0.4, -0.2) is 41.7 Å². The SMILES string of the molecule is ClC[C@@H]1[C@@H](OCc2ccccc2)[C@@H]2O[C@@H]2CN1Cc1ccccc1. The summed E-state index contributed by atoms with van der Waals surface area (Å²) >= 11 is 6.32. The second-order valence-electron chi connectivity index (χ2n) is 6.54. The average Bonchev–Trinajstić information content (AvgIpc) is 3.40. The molecule has 2 aliphatic heterocycles. The number of fused-ring (bicyclic) bond motifs is 1. The number of piperidine rings is 1. The molecule has 0 amide bonds. The Bertz CT molecular complexity index is 651. The molecule has 2 heterocycles. The molecule has 24 heavy (non-hydrogen) atoms. The van der Waals surface area contributed by atoms with Gasteiger partial charge >= 0.3 is 0 Å². The molecule has 0 aromatic heterocycles. The Hall–Kier alpha value is -1.39. The third-order valence-electron chi connectivity index (χ3n) is 4.88. The first-order valence-corrected chi connectivity index (χ1v) is 9.03. The summed E-state index contributed by atoms with van der Waals surface area (Å²) in [6, 6.07) is 21.0. The zero-order valence-electron chi connectivity index (χ0n) is 13.6. The van der Waals surface area contributed by atoms with Crippen molar-refractivity contribution in [3.63, 3.8) is 0 Å². The number of epoxide rings is 1. The Kier molecular flexibility index (Phi) is 4.86. The number of alkyl halides is 1. The molecule has 126 valence electrons. The largest absolute Gasteiger partial charge is 0.369 e. The van der Waals surface area contributed by atoms with E-state index in [1.165, 1.54) is 11.1 Å². The topological polar surface area (TPSA) is 25.0 Å². The minimum Gasteiger partial charge on any atom is -0.369 e. The molecule has 2 saturated heterocycles. The van der Waals surface area contributed by atoms with Crippen molar-refractivity contribution >= 4 is 11.6 Å². The van der Waals surface area contributed by atoms with Crippen LogP contribution in [0, 0.1) is 0 Å². The van der Waals surface area contributed by atoms with Gasteiger partial charge < -0.3 is 9.47 Å². The van der Waals surface area contributed by atoms with Crippen LogP contribution >= 0.6 is 11.6 Å². The molecule has 4 atom stereocenters. The van der Waals surface area contributed by atoms with Crippen molar-refractivity contribution in [3.8, 4) is 0 Å². The molecule has 0 radical (unpaired) electrons. The molecular formula is C20H22ClNO2. The summed E-state index contributed by atoms with van der Waals surface area (Å²) in [6.07, 6.45) is 0.517. The number of rotatable bonds is 6. The third-order valence-corrected chi connectivity index (χ3v) is 5.20. The third kappa shape index (κ3) is 3.50. The number of nitrogens with zero attached hydrogens (tertiary/aromatic N) is 1. The van der Waals surface area contributed by atoms with Crippen molar-refractivity contribution < 1.29 is 9.47 Å². The molecule has 0 bridgehead atoms. The quantitative estimate of drug-likeness (QED) is 0.593. The van der Waals surface area contributed by atoms with Gasteiger partial charge in [0.05, 0.1) is 18.8 Å². The zero-order chi connectivity index (χ0) is 16.4. The van der Waals surface area contributed by atoms with Crippen molar-refractivity contribution in [3.05, 3.63) is 71.8 Å². The van der Waals surface area contributed by atoms with Gasteiger partial charge in [-0.1, -0.05) is 60.7 Å². The van der Waals surface area contributed by atoms with Gasteiger partial charge in [0.25, 0.3) is 0 Å². The fourth-order valence-electron chi connectivity index (χ4n) is 3.54. The van der Waals surface area contributed by atoms with Crippen LogP contribution in [0.1, 0.15) is 11.1 Å². The molecule has 2 aliphatic rings. The first-order chi connectivity index (χ1) is 11.8.